The fourth-order valence-electron chi connectivity index (χ4n) is 2.39. The largest absolute Gasteiger partial charge is 1.00 e. The van der Waals surface area contributed by atoms with E-state index < -0.39 is 5.97 Å². The van der Waals surface area contributed by atoms with Crippen LogP contribution in [0, 0.1) is 0 Å². The Kier molecular flexibility index (Phi) is 5.31. The SMILES string of the molecule is C=C(C(=O)[O-])c1ccc2c(=O)c3ccccc3ccc2c1.[K+]. The summed E-state index contributed by atoms with van der Waals surface area (Å²) >= 11 is 0. The Bertz CT molecular complexity index is 961. The molecular weight excluding hydrogens is 303 g/mol. The Labute approximate surface area is 169 Å². The Morgan fingerprint density at radius 2 is 1.55 bits per heavy atom. The number of carboxylic acids is 1. The van der Waals surface area contributed by atoms with E-state index in [4.69, 9.17) is 0 Å². The van der Waals surface area contributed by atoms with Crippen molar-refractivity contribution in [3.8, 4) is 0 Å². The van der Waals surface area contributed by atoms with Crippen molar-refractivity contribution in [3.63, 3.8) is 0 Å². The van der Waals surface area contributed by atoms with E-state index in [1.165, 1.54) is 0 Å². The third kappa shape index (κ3) is 3.07. The average molecular weight is 314 g/mol. The first-order chi connectivity index (χ1) is 10.1. The summed E-state index contributed by atoms with van der Waals surface area (Å²) in [5, 5.41) is 13.6. The van der Waals surface area contributed by atoms with Crippen LogP contribution in [0.5, 0.6) is 0 Å². The van der Waals surface area contributed by atoms with Gasteiger partial charge in [-0.15, -0.1) is 0 Å². The predicted octanol–water partition coefficient (Wildman–Crippen LogP) is -0.880. The number of rotatable bonds is 2. The molecule has 3 aromatic carbocycles. The van der Waals surface area contributed by atoms with Gasteiger partial charge >= 0.3 is 51.4 Å². The molecule has 0 bridgehead atoms. The van der Waals surface area contributed by atoms with Crippen LogP contribution in [0.25, 0.3) is 27.1 Å². The molecule has 22 heavy (non-hydrogen) atoms. The van der Waals surface area contributed by atoms with Crippen molar-refractivity contribution in [1.82, 2.24) is 0 Å². The van der Waals surface area contributed by atoms with Crippen LogP contribution >= 0.6 is 0 Å². The summed E-state index contributed by atoms with van der Waals surface area (Å²) in [5.74, 6) is -1.32. The first kappa shape index (κ1) is 17.1. The van der Waals surface area contributed by atoms with Gasteiger partial charge in [0.1, 0.15) is 0 Å². The van der Waals surface area contributed by atoms with E-state index in [0.717, 1.165) is 5.39 Å². The minimum Gasteiger partial charge on any atom is -0.545 e. The first-order valence-electron chi connectivity index (χ1n) is 6.44. The fraction of sp³-hybridized carbons (Fsp3) is 0. The van der Waals surface area contributed by atoms with Crippen LogP contribution in [-0.2, 0) is 4.79 Å². The van der Waals surface area contributed by atoms with Crippen molar-refractivity contribution in [2.45, 2.75) is 0 Å². The quantitative estimate of drug-likeness (QED) is 0.456. The summed E-state index contributed by atoms with van der Waals surface area (Å²) in [7, 11) is 0. The van der Waals surface area contributed by atoms with Crippen molar-refractivity contribution in [2.75, 3.05) is 0 Å². The second-order valence-corrected chi connectivity index (χ2v) is 4.82. The summed E-state index contributed by atoms with van der Waals surface area (Å²) in [6.45, 7) is 3.48. The molecule has 4 heteroatoms. The number of hydrogen-bond acceptors (Lipinski definition) is 3. The van der Waals surface area contributed by atoms with Crippen LogP contribution in [0.3, 0.4) is 0 Å². The summed E-state index contributed by atoms with van der Waals surface area (Å²) in [6, 6.07) is 15.9. The Morgan fingerprint density at radius 1 is 0.909 bits per heavy atom. The van der Waals surface area contributed by atoms with E-state index in [9.17, 15) is 14.7 Å². The van der Waals surface area contributed by atoms with E-state index in [2.05, 4.69) is 6.58 Å². The van der Waals surface area contributed by atoms with Crippen LogP contribution in [0.1, 0.15) is 5.56 Å². The molecule has 0 saturated carbocycles. The van der Waals surface area contributed by atoms with Gasteiger partial charge < -0.3 is 9.90 Å². The minimum atomic E-state index is -1.32. The van der Waals surface area contributed by atoms with Gasteiger partial charge in [-0.3, -0.25) is 4.79 Å². The molecule has 0 N–H and O–H groups in total. The van der Waals surface area contributed by atoms with Gasteiger partial charge in [0.15, 0.2) is 5.43 Å². The van der Waals surface area contributed by atoms with Gasteiger partial charge in [-0.2, -0.15) is 0 Å². The van der Waals surface area contributed by atoms with Gasteiger partial charge in [0, 0.05) is 10.8 Å². The third-order valence-electron chi connectivity index (χ3n) is 3.54. The zero-order valence-corrected chi connectivity index (χ0v) is 15.3. The zero-order valence-electron chi connectivity index (χ0n) is 12.1. The molecule has 0 aliphatic heterocycles. The summed E-state index contributed by atoms with van der Waals surface area (Å²) in [4.78, 5) is 23.4. The van der Waals surface area contributed by atoms with Gasteiger partial charge in [0.25, 0.3) is 0 Å². The first-order valence-corrected chi connectivity index (χ1v) is 6.44. The second-order valence-electron chi connectivity index (χ2n) is 4.82. The molecule has 0 fully saturated rings. The predicted molar refractivity (Wildman–Crippen MR) is 81.8 cm³/mol. The normalized spacial score (nSPS) is 10.2. The van der Waals surface area contributed by atoms with Crippen molar-refractivity contribution >= 4 is 33.1 Å². The van der Waals surface area contributed by atoms with Gasteiger partial charge in [-0.25, -0.2) is 0 Å². The molecule has 0 aliphatic carbocycles. The van der Waals surface area contributed by atoms with E-state index in [0.29, 0.717) is 21.7 Å². The molecule has 3 nitrogen and oxygen atoms in total. The van der Waals surface area contributed by atoms with Crippen molar-refractivity contribution in [3.05, 3.63) is 77.0 Å². The monoisotopic (exact) mass is 314 g/mol. The number of carbonyl (C=O) groups is 1. The van der Waals surface area contributed by atoms with Crippen molar-refractivity contribution in [2.24, 2.45) is 0 Å². The number of benzene rings is 2. The second kappa shape index (κ2) is 6.85. The van der Waals surface area contributed by atoms with Crippen LogP contribution in [0.15, 0.2) is 66.0 Å². The fourth-order valence-corrected chi connectivity index (χ4v) is 2.39. The van der Waals surface area contributed by atoms with E-state index in [1.54, 1.807) is 24.3 Å². The molecule has 3 rings (SSSR count). The molecule has 0 saturated heterocycles. The standard InChI is InChI=1S/C18H12O3.K/c1-11(18(20)21)13-8-9-16-14(10-13)7-6-12-4-2-3-5-15(12)17(16)19;/h2-10H,1H2,(H,20,21);/q;+1/p-1. The van der Waals surface area contributed by atoms with E-state index >= 15 is 0 Å². The molecule has 0 heterocycles. The zero-order chi connectivity index (χ0) is 15.0. The Balaban J connectivity index is 0.00000176. The molecular formula is C18H11KO3. The maximum atomic E-state index is 12.6. The molecule has 0 atom stereocenters. The number of hydrogen-bond donors (Lipinski definition) is 0. The average Bonchev–Trinajstić information content (AvgIpc) is 2.64. The number of carbonyl (C=O) groups excluding carboxylic acids is 1. The summed E-state index contributed by atoms with van der Waals surface area (Å²) < 4.78 is 0. The van der Waals surface area contributed by atoms with E-state index in [-0.39, 0.29) is 62.4 Å². The van der Waals surface area contributed by atoms with Gasteiger partial charge in [0.05, 0.1) is 5.97 Å². The molecule has 102 valence electrons. The smallest absolute Gasteiger partial charge is 0.545 e. The number of aliphatic carboxylic acids is 1. The topological polar surface area (TPSA) is 57.2 Å². The molecule has 3 aromatic rings. The van der Waals surface area contributed by atoms with Gasteiger partial charge in [0.2, 0.25) is 0 Å². The van der Waals surface area contributed by atoms with Crippen LogP contribution in [-0.4, -0.2) is 5.97 Å². The van der Waals surface area contributed by atoms with Crippen molar-refractivity contribution < 1.29 is 61.3 Å². The number of carboxylic acid groups (broad SMARTS) is 1. The number of fused-ring (bicyclic) bond motifs is 2. The van der Waals surface area contributed by atoms with Crippen LogP contribution in [0.2, 0.25) is 0 Å². The van der Waals surface area contributed by atoms with E-state index in [1.807, 2.05) is 30.3 Å². The minimum absolute atomic E-state index is 0. The molecule has 0 aliphatic rings. The maximum Gasteiger partial charge on any atom is 1.00 e. The molecule has 0 radical (unpaired) electrons. The van der Waals surface area contributed by atoms with Gasteiger partial charge in [-0.1, -0.05) is 49.0 Å². The Morgan fingerprint density at radius 3 is 2.27 bits per heavy atom. The van der Waals surface area contributed by atoms with Gasteiger partial charge in [-0.05, 0) is 34.0 Å². The maximum absolute atomic E-state index is 12.6. The molecule has 0 unspecified atom stereocenters. The summed E-state index contributed by atoms with van der Waals surface area (Å²) in [5.41, 5.74) is 0.272. The third-order valence-corrected chi connectivity index (χ3v) is 3.54. The van der Waals surface area contributed by atoms with Crippen LogP contribution < -0.4 is 61.9 Å². The van der Waals surface area contributed by atoms with Crippen LogP contribution in [0.4, 0.5) is 0 Å². The Hall–Kier alpha value is -1.30. The molecule has 0 aromatic heterocycles. The molecule has 0 spiro atoms. The summed E-state index contributed by atoms with van der Waals surface area (Å²) in [6.07, 6.45) is 0. The molecule has 0 amide bonds. The van der Waals surface area contributed by atoms with Crippen molar-refractivity contribution in [1.29, 1.82) is 0 Å².